The first-order valence-electron chi connectivity index (χ1n) is 5.89. The summed E-state index contributed by atoms with van der Waals surface area (Å²) in [5.41, 5.74) is 6.80. The van der Waals surface area contributed by atoms with Gasteiger partial charge in [-0.05, 0) is 37.1 Å². The number of benzene rings is 1. The first kappa shape index (κ1) is 15.9. The molecule has 0 spiro atoms. The number of nitrogens with two attached hydrogens (primary N) is 1. The van der Waals surface area contributed by atoms with Gasteiger partial charge in [0, 0.05) is 19.3 Å². The van der Waals surface area contributed by atoms with E-state index in [2.05, 4.69) is 4.72 Å². The lowest BCUT2D eigenvalue weighted by Gasteiger charge is -2.11. The third-order valence-electron chi connectivity index (χ3n) is 2.51. The van der Waals surface area contributed by atoms with Gasteiger partial charge in [0.05, 0.1) is 17.6 Å². The molecular weight excluding hydrogens is 268 g/mol. The van der Waals surface area contributed by atoms with E-state index in [0.717, 1.165) is 5.56 Å². The Morgan fingerprint density at radius 1 is 1.42 bits per heavy atom. The van der Waals surface area contributed by atoms with Crippen LogP contribution >= 0.6 is 0 Å². The van der Waals surface area contributed by atoms with Crippen molar-refractivity contribution in [3.8, 4) is 0 Å². The highest BCUT2D eigenvalue weighted by Crippen LogP contribution is 2.16. The summed E-state index contributed by atoms with van der Waals surface area (Å²) >= 11 is 0. The lowest BCUT2D eigenvalue weighted by atomic mass is 10.2. The molecule has 0 bridgehead atoms. The van der Waals surface area contributed by atoms with Crippen LogP contribution in [0.1, 0.15) is 12.0 Å². The highest BCUT2D eigenvalue weighted by atomic mass is 32.2. The first-order valence-corrected chi connectivity index (χ1v) is 7.37. The van der Waals surface area contributed by atoms with Crippen LogP contribution in [0, 0.1) is 6.92 Å². The highest BCUT2D eigenvalue weighted by Gasteiger charge is 2.15. The summed E-state index contributed by atoms with van der Waals surface area (Å²) in [7, 11) is -2.12. The molecule has 0 aromatic heterocycles. The van der Waals surface area contributed by atoms with E-state index in [1.165, 1.54) is 13.2 Å². The van der Waals surface area contributed by atoms with E-state index in [9.17, 15) is 13.5 Å². The van der Waals surface area contributed by atoms with E-state index in [-0.39, 0.29) is 24.5 Å². The van der Waals surface area contributed by atoms with Crippen molar-refractivity contribution in [1.82, 2.24) is 4.72 Å². The Balaban J connectivity index is 2.66. The van der Waals surface area contributed by atoms with Crippen LogP contribution in [0.3, 0.4) is 0 Å². The maximum Gasteiger partial charge on any atom is 0.240 e. The largest absolute Gasteiger partial charge is 0.399 e. The maximum atomic E-state index is 12.0. The van der Waals surface area contributed by atoms with E-state index in [0.29, 0.717) is 5.69 Å². The molecule has 0 heterocycles. The van der Waals surface area contributed by atoms with E-state index in [4.69, 9.17) is 10.5 Å². The number of hydrogen-bond acceptors (Lipinski definition) is 5. The molecule has 4 N–H and O–H groups in total. The number of rotatable bonds is 7. The lowest BCUT2D eigenvalue weighted by Crippen LogP contribution is -2.28. The lowest BCUT2D eigenvalue weighted by molar-refractivity contribution is 0.0603. The molecule has 0 radical (unpaired) electrons. The Hall–Kier alpha value is -1.15. The molecule has 1 atom stereocenters. The first-order chi connectivity index (χ1) is 8.85. The molecule has 0 amide bonds. The fourth-order valence-electron chi connectivity index (χ4n) is 1.65. The maximum absolute atomic E-state index is 12.0. The number of nitrogen functional groups attached to an aromatic ring is 1. The Bertz CT molecular complexity index is 496. The van der Waals surface area contributed by atoms with E-state index in [1.54, 1.807) is 19.1 Å². The quantitative estimate of drug-likeness (QED) is 0.624. The third-order valence-corrected chi connectivity index (χ3v) is 3.95. The van der Waals surface area contributed by atoms with Crippen LogP contribution in [0.5, 0.6) is 0 Å². The predicted octanol–water partition coefficient (Wildman–Crippen LogP) is 0.253. The standard InChI is InChI=1S/C12H20N2O4S/c1-9-5-10(13)7-12(6-9)19(16,17)14-4-3-11(15)8-18-2/h5-7,11,14-15H,3-4,8,13H2,1-2H3. The number of anilines is 1. The molecule has 1 rings (SSSR count). The van der Waals surface area contributed by atoms with Gasteiger partial charge < -0.3 is 15.6 Å². The van der Waals surface area contributed by atoms with Gasteiger partial charge in [-0.15, -0.1) is 0 Å². The van der Waals surface area contributed by atoms with Gasteiger partial charge in [-0.1, -0.05) is 0 Å². The van der Waals surface area contributed by atoms with Crippen LogP contribution in [0.25, 0.3) is 0 Å². The molecule has 0 saturated carbocycles. The van der Waals surface area contributed by atoms with Crippen molar-refractivity contribution in [1.29, 1.82) is 0 Å². The van der Waals surface area contributed by atoms with Crippen LogP contribution in [-0.2, 0) is 14.8 Å². The monoisotopic (exact) mass is 288 g/mol. The van der Waals surface area contributed by atoms with Crippen LogP contribution in [-0.4, -0.2) is 39.9 Å². The molecule has 0 aliphatic carbocycles. The summed E-state index contributed by atoms with van der Waals surface area (Å²) in [6, 6.07) is 4.65. The Morgan fingerprint density at radius 3 is 2.68 bits per heavy atom. The summed E-state index contributed by atoms with van der Waals surface area (Å²) < 4.78 is 31.2. The van der Waals surface area contributed by atoms with Gasteiger partial charge >= 0.3 is 0 Å². The average Bonchev–Trinajstić information content (AvgIpc) is 2.27. The molecule has 0 saturated heterocycles. The smallest absolute Gasteiger partial charge is 0.240 e. The molecule has 0 aliphatic rings. The predicted molar refractivity (Wildman–Crippen MR) is 73.3 cm³/mol. The van der Waals surface area contributed by atoms with Gasteiger partial charge in [-0.2, -0.15) is 0 Å². The Labute approximate surface area is 113 Å². The molecule has 19 heavy (non-hydrogen) atoms. The van der Waals surface area contributed by atoms with Gasteiger partial charge in [-0.3, -0.25) is 0 Å². The van der Waals surface area contributed by atoms with Crippen molar-refractivity contribution < 1.29 is 18.3 Å². The molecule has 0 aliphatic heterocycles. The molecule has 6 nitrogen and oxygen atoms in total. The van der Waals surface area contributed by atoms with E-state index < -0.39 is 16.1 Å². The molecule has 7 heteroatoms. The number of aliphatic hydroxyl groups excluding tert-OH is 1. The zero-order chi connectivity index (χ0) is 14.5. The minimum atomic E-state index is -3.60. The molecule has 1 unspecified atom stereocenters. The van der Waals surface area contributed by atoms with Gasteiger partial charge in [0.2, 0.25) is 10.0 Å². The van der Waals surface area contributed by atoms with Crippen molar-refractivity contribution in [3.63, 3.8) is 0 Å². The highest BCUT2D eigenvalue weighted by molar-refractivity contribution is 7.89. The minimum Gasteiger partial charge on any atom is -0.399 e. The number of methoxy groups -OCH3 is 1. The number of nitrogens with one attached hydrogen (secondary N) is 1. The second-order valence-corrected chi connectivity index (χ2v) is 6.14. The number of aliphatic hydroxyl groups is 1. The molecule has 1 aromatic carbocycles. The fourth-order valence-corrected chi connectivity index (χ4v) is 2.84. The summed E-state index contributed by atoms with van der Waals surface area (Å²) in [6.07, 6.45) is -0.399. The topological polar surface area (TPSA) is 102 Å². The van der Waals surface area contributed by atoms with E-state index in [1.807, 2.05) is 0 Å². The molecule has 0 fully saturated rings. The summed E-state index contributed by atoms with van der Waals surface area (Å²) in [5.74, 6) is 0. The summed E-state index contributed by atoms with van der Waals surface area (Å²) in [6.45, 7) is 2.09. The van der Waals surface area contributed by atoms with Crippen molar-refractivity contribution in [3.05, 3.63) is 23.8 Å². The zero-order valence-corrected chi connectivity index (χ0v) is 11.9. The molecular formula is C12H20N2O4S. The van der Waals surface area contributed by atoms with Crippen molar-refractivity contribution in [2.45, 2.75) is 24.3 Å². The van der Waals surface area contributed by atoms with Gasteiger partial charge in [-0.25, -0.2) is 13.1 Å². The normalized spacial score (nSPS) is 13.4. The van der Waals surface area contributed by atoms with Gasteiger partial charge in [0.15, 0.2) is 0 Å². The molecule has 108 valence electrons. The molecule has 1 aromatic rings. The van der Waals surface area contributed by atoms with Crippen LogP contribution in [0.15, 0.2) is 23.1 Å². The van der Waals surface area contributed by atoms with Crippen LogP contribution in [0.2, 0.25) is 0 Å². The van der Waals surface area contributed by atoms with Crippen molar-refractivity contribution in [2.75, 3.05) is 26.0 Å². The number of sulfonamides is 1. The summed E-state index contributed by atoms with van der Waals surface area (Å²) in [5, 5.41) is 9.42. The van der Waals surface area contributed by atoms with Gasteiger partial charge in [0.25, 0.3) is 0 Å². The van der Waals surface area contributed by atoms with E-state index >= 15 is 0 Å². The van der Waals surface area contributed by atoms with Gasteiger partial charge in [0.1, 0.15) is 0 Å². The number of ether oxygens (including phenoxy) is 1. The number of hydrogen-bond donors (Lipinski definition) is 3. The van der Waals surface area contributed by atoms with Crippen LogP contribution in [0.4, 0.5) is 5.69 Å². The zero-order valence-electron chi connectivity index (χ0n) is 11.1. The minimum absolute atomic E-state index is 0.131. The Morgan fingerprint density at radius 2 is 2.11 bits per heavy atom. The second kappa shape index (κ2) is 6.85. The fraction of sp³-hybridized carbons (Fsp3) is 0.500. The second-order valence-electron chi connectivity index (χ2n) is 4.38. The van der Waals surface area contributed by atoms with Crippen molar-refractivity contribution >= 4 is 15.7 Å². The van der Waals surface area contributed by atoms with Crippen LogP contribution < -0.4 is 10.5 Å². The summed E-state index contributed by atoms with van der Waals surface area (Å²) in [4.78, 5) is 0.131. The van der Waals surface area contributed by atoms with Crippen molar-refractivity contribution in [2.24, 2.45) is 0 Å². The average molecular weight is 288 g/mol. The Kier molecular flexibility index (Phi) is 5.74. The number of aryl methyl sites for hydroxylation is 1. The SMILES string of the molecule is COCC(O)CCNS(=O)(=O)c1cc(C)cc(N)c1. The third kappa shape index (κ3) is 5.15.